The molecule has 2 aromatic carbocycles. The number of amidine groups is 1. The number of nitrogens with zero attached hydrogens (tertiary/aromatic N) is 2. The Balaban J connectivity index is 1.51. The molecule has 1 aliphatic rings. The van der Waals surface area contributed by atoms with Crippen LogP contribution >= 0.6 is 11.8 Å². The molecular weight excluding hydrogens is 420 g/mol. The highest BCUT2D eigenvalue weighted by Gasteiger charge is 2.32. The van der Waals surface area contributed by atoms with Gasteiger partial charge in [-0.3, -0.25) is 9.59 Å². The molecule has 2 amide bonds. The van der Waals surface area contributed by atoms with Gasteiger partial charge in [-0.1, -0.05) is 11.8 Å². The monoisotopic (exact) mass is 440 g/mol. The van der Waals surface area contributed by atoms with Crippen LogP contribution in [0.5, 0.6) is 5.75 Å². The molecular formula is C21H20N4O5S. The van der Waals surface area contributed by atoms with Crippen LogP contribution in [-0.2, 0) is 14.3 Å². The van der Waals surface area contributed by atoms with Crippen molar-refractivity contribution >= 4 is 46.6 Å². The van der Waals surface area contributed by atoms with Gasteiger partial charge in [0.2, 0.25) is 11.8 Å². The molecule has 1 atom stereocenters. The molecule has 0 aromatic heterocycles. The fourth-order valence-electron chi connectivity index (χ4n) is 2.58. The summed E-state index contributed by atoms with van der Waals surface area (Å²) in [7, 11) is 0. The van der Waals surface area contributed by atoms with E-state index in [0.717, 1.165) is 17.3 Å². The van der Waals surface area contributed by atoms with Gasteiger partial charge in [-0.05, 0) is 61.0 Å². The van der Waals surface area contributed by atoms with Gasteiger partial charge in [0, 0.05) is 12.1 Å². The first-order chi connectivity index (χ1) is 14.9. The number of hydrogen-bond acceptors (Lipinski definition) is 8. The largest absolute Gasteiger partial charge is 0.508 e. The number of amides is 2. The molecule has 31 heavy (non-hydrogen) atoms. The topological polar surface area (TPSA) is 129 Å². The number of hydrogen-bond donors (Lipinski definition) is 3. The van der Waals surface area contributed by atoms with E-state index < -0.39 is 11.2 Å². The van der Waals surface area contributed by atoms with Crippen LogP contribution in [0.1, 0.15) is 29.3 Å². The van der Waals surface area contributed by atoms with Gasteiger partial charge >= 0.3 is 5.97 Å². The van der Waals surface area contributed by atoms with Crippen LogP contribution in [0, 0.1) is 0 Å². The molecule has 0 aliphatic carbocycles. The lowest BCUT2D eigenvalue weighted by atomic mass is 10.2. The number of phenolic OH excluding ortho intramolecular Hbond substituents is 1. The third-order valence-electron chi connectivity index (χ3n) is 4.08. The SMILES string of the molecule is CCOC(=O)c1ccc(NC(=O)CC2S/C(=N/N=C/c3ccc(O)cc3)NC2=O)cc1. The highest BCUT2D eigenvalue weighted by molar-refractivity contribution is 8.15. The average Bonchev–Trinajstić information content (AvgIpc) is 3.09. The van der Waals surface area contributed by atoms with Crippen LogP contribution < -0.4 is 10.6 Å². The zero-order valence-electron chi connectivity index (χ0n) is 16.6. The number of benzene rings is 2. The zero-order chi connectivity index (χ0) is 22.2. The third kappa shape index (κ3) is 6.41. The van der Waals surface area contributed by atoms with Gasteiger partial charge in [0.05, 0.1) is 18.4 Å². The second-order valence-electron chi connectivity index (χ2n) is 6.39. The smallest absolute Gasteiger partial charge is 0.338 e. The maximum absolute atomic E-state index is 12.3. The van der Waals surface area contributed by atoms with Gasteiger partial charge < -0.3 is 20.5 Å². The number of aromatic hydroxyl groups is 1. The number of anilines is 1. The molecule has 0 saturated carbocycles. The zero-order valence-corrected chi connectivity index (χ0v) is 17.4. The number of carbonyl (C=O) groups is 3. The summed E-state index contributed by atoms with van der Waals surface area (Å²) < 4.78 is 4.91. The van der Waals surface area contributed by atoms with Gasteiger partial charge in [0.15, 0.2) is 5.17 Å². The molecule has 3 N–H and O–H groups in total. The lowest BCUT2D eigenvalue weighted by Gasteiger charge is -2.08. The predicted molar refractivity (Wildman–Crippen MR) is 118 cm³/mol. The minimum atomic E-state index is -0.624. The summed E-state index contributed by atoms with van der Waals surface area (Å²) in [5.41, 5.74) is 1.63. The van der Waals surface area contributed by atoms with E-state index in [4.69, 9.17) is 4.74 Å². The molecule has 2 aromatic rings. The Morgan fingerprint density at radius 2 is 1.90 bits per heavy atom. The van der Waals surface area contributed by atoms with Crippen LogP contribution in [0.2, 0.25) is 0 Å². The lowest BCUT2D eigenvalue weighted by molar-refractivity contribution is -0.122. The van der Waals surface area contributed by atoms with E-state index in [2.05, 4.69) is 20.8 Å². The van der Waals surface area contributed by atoms with Crippen LogP contribution in [0.3, 0.4) is 0 Å². The molecule has 1 fully saturated rings. The summed E-state index contributed by atoms with van der Waals surface area (Å²) in [6, 6.07) is 12.7. The van der Waals surface area contributed by atoms with Gasteiger partial charge in [0.25, 0.3) is 0 Å². The highest BCUT2D eigenvalue weighted by Crippen LogP contribution is 2.23. The summed E-state index contributed by atoms with van der Waals surface area (Å²) in [6.45, 7) is 2.01. The maximum Gasteiger partial charge on any atom is 0.338 e. The quantitative estimate of drug-likeness (QED) is 0.345. The first-order valence-electron chi connectivity index (χ1n) is 9.39. The van der Waals surface area contributed by atoms with Crippen LogP contribution in [0.15, 0.2) is 58.7 Å². The second kappa shape index (κ2) is 10.4. The van der Waals surface area contributed by atoms with E-state index in [1.807, 2.05) is 0 Å². The first kappa shape index (κ1) is 22.0. The summed E-state index contributed by atoms with van der Waals surface area (Å²) in [5, 5.41) is 22.1. The van der Waals surface area contributed by atoms with Gasteiger partial charge in [-0.15, -0.1) is 5.10 Å². The standard InChI is InChI=1S/C21H20N4O5S/c1-2-30-20(29)14-5-7-15(8-6-14)23-18(27)11-17-19(28)24-21(31-17)25-22-12-13-3-9-16(26)10-4-13/h3-10,12,17,26H,2,11H2,1H3,(H,23,27)(H,24,25,28)/b22-12+. The normalized spacial score (nSPS) is 17.0. The number of esters is 1. The molecule has 0 radical (unpaired) electrons. The van der Waals surface area contributed by atoms with E-state index in [1.165, 1.54) is 18.3 Å². The lowest BCUT2D eigenvalue weighted by Crippen LogP contribution is -2.28. The van der Waals surface area contributed by atoms with E-state index >= 15 is 0 Å². The van der Waals surface area contributed by atoms with Crippen molar-refractivity contribution in [1.29, 1.82) is 0 Å². The Morgan fingerprint density at radius 3 is 2.58 bits per heavy atom. The Labute approximate surface area is 182 Å². The van der Waals surface area contributed by atoms with E-state index in [1.54, 1.807) is 43.3 Å². The van der Waals surface area contributed by atoms with Crippen LogP contribution in [-0.4, -0.2) is 46.1 Å². The fourth-order valence-corrected chi connectivity index (χ4v) is 3.50. The van der Waals surface area contributed by atoms with Crippen LogP contribution in [0.25, 0.3) is 0 Å². The summed E-state index contributed by atoms with van der Waals surface area (Å²) >= 11 is 1.12. The Morgan fingerprint density at radius 1 is 1.19 bits per heavy atom. The van der Waals surface area contributed by atoms with Crippen molar-refractivity contribution in [3.05, 3.63) is 59.7 Å². The molecule has 1 aliphatic heterocycles. The van der Waals surface area contributed by atoms with Gasteiger partial charge in [0.1, 0.15) is 11.0 Å². The Kier molecular flexibility index (Phi) is 7.39. The first-order valence-corrected chi connectivity index (χ1v) is 10.3. The number of thioether (sulfide) groups is 1. The van der Waals surface area contributed by atoms with Crippen molar-refractivity contribution in [2.45, 2.75) is 18.6 Å². The van der Waals surface area contributed by atoms with Crippen molar-refractivity contribution in [3.8, 4) is 5.75 Å². The van der Waals surface area contributed by atoms with E-state index in [0.29, 0.717) is 16.4 Å². The van der Waals surface area contributed by atoms with Crippen molar-refractivity contribution in [3.63, 3.8) is 0 Å². The average molecular weight is 440 g/mol. The number of carbonyl (C=O) groups excluding carboxylic acids is 3. The molecule has 1 heterocycles. The second-order valence-corrected chi connectivity index (χ2v) is 7.58. The molecule has 9 nitrogen and oxygen atoms in total. The molecule has 3 rings (SSSR count). The molecule has 0 bridgehead atoms. The minimum absolute atomic E-state index is 0.0448. The minimum Gasteiger partial charge on any atom is -0.508 e. The third-order valence-corrected chi connectivity index (χ3v) is 5.15. The van der Waals surface area contributed by atoms with Crippen LogP contribution in [0.4, 0.5) is 5.69 Å². The van der Waals surface area contributed by atoms with Crippen molar-refractivity contribution in [2.24, 2.45) is 10.2 Å². The van der Waals surface area contributed by atoms with Crippen molar-refractivity contribution in [2.75, 3.05) is 11.9 Å². The van der Waals surface area contributed by atoms with Gasteiger partial charge in [-0.25, -0.2) is 4.79 Å². The predicted octanol–water partition coefficient (Wildman–Crippen LogP) is 2.52. The summed E-state index contributed by atoms with van der Waals surface area (Å²) in [5.74, 6) is -0.945. The van der Waals surface area contributed by atoms with Crippen molar-refractivity contribution in [1.82, 2.24) is 5.32 Å². The fraction of sp³-hybridized carbons (Fsp3) is 0.190. The number of phenols is 1. The Hall–Kier alpha value is -3.66. The highest BCUT2D eigenvalue weighted by atomic mass is 32.2. The number of nitrogens with one attached hydrogen (secondary N) is 2. The number of ether oxygens (including phenoxy) is 1. The molecule has 10 heteroatoms. The van der Waals surface area contributed by atoms with Gasteiger partial charge in [-0.2, -0.15) is 5.10 Å². The Bertz CT molecular complexity index is 1020. The summed E-state index contributed by atoms with van der Waals surface area (Å²) in [4.78, 5) is 36.0. The molecule has 1 saturated heterocycles. The maximum atomic E-state index is 12.3. The molecule has 1 unspecified atom stereocenters. The van der Waals surface area contributed by atoms with E-state index in [-0.39, 0.29) is 30.6 Å². The van der Waals surface area contributed by atoms with Crippen molar-refractivity contribution < 1.29 is 24.2 Å². The molecule has 160 valence electrons. The summed E-state index contributed by atoms with van der Waals surface area (Å²) in [6.07, 6.45) is 1.44. The number of rotatable bonds is 7. The van der Waals surface area contributed by atoms with E-state index in [9.17, 15) is 19.5 Å². The molecule has 0 spiro atoms.